The summed E-state index contributed by atoms with van der Waals surface area (Å²) in [6, 6.07) is 9.99. The van der Waals surface area contributed by atoms with Crippen LogP contribution in [0.1, 0.15) is 11.3 Å². The van der Waals surface area contributed by atoms with Crippen LogP contribution in [0.2, 0.25) is 5.28 Å². The molecule has 0 bridgehead atoms. The molecule has 5 nitrogen and oxygen atoms in total. The lowest BCUT2D eigenvalue weighted by Gasteiger charge is -2.09. The van der Waals surface area contributed by atoms with Gasteiger partial charge in [0.05, 0.1) is 12.8 Å². The van der Waals surface area contributed by atoms with Gasteiger partial charge in [0.25, 0.3) is 5.88 Å². The number of alkyl halides is 3. The number of pyridine rings is 1. The fraction of sp³-hybridized carbons (Fsp3) is 0.167. The number of hydrogen-bond donors (Lipinski definition) is 0. The van der Waals surface area contributed by atoms with Crippen LogP contribution in [0.25, 0.3) is 0 Å². The van der Waals surface area contributed by atoms with Gasteiger partial charge < -0.3 is 9.47 Å². The van der Waals surface area contributed by atoms with Crippen molar-refractivity contribution in [2.45, 2.75) is 12.6 Å². The maximum atomic E-state index is 13.5. The molecule has 0 unspecified atom stereocenters. The number of hydrogen-bond acceptors (Lipinski definition) is 5. The molecule has 0 N–H and O–H groups in total. The van der Waals surface area contributed by atoms with Crippen molar-refractivity contribution in [1.82, 2.24) is 15.0 Å². The Morgan fingerprint density at radius 3 is 2.46 bits per heavy atom. The average Bonchev–Trinajstić information content (AvgIpc) is 2.65. The summed E-state index contributed by atoms with van der Waals surface area (Å²) in [7, 11) is 0. The van der Waals surface area contributed by atoms with Gasteiger partial charge in [0.2, 0.25) is 17.0 Å². The fourth-order valence-corrected chi connectivity index (χ4v) is 2.30. The Labute approximate surface area is 161 Å². The Balaban J connectivity index is 1.57. The van der Waals surface area contributed by atoms with E-state index in [0.717, 1.165) is 17.8 Å². The highest BCUT2D eigenvalue weighted by Crippen LogP contribution is 2.29. The van der Waals surface area contributed by atoms with E-state index in [4.69, 9.17) is 21.1 Å². The largest absolute Gasteiger partial charge is 0.475 e. The van der Waals surface area contributed by atoms with Crippen molar-refractivity contribution in [1.29, 1.82) is 0 Å². The Morgan fingerprint density at radius 1 is 1.00 bits per heavy atom. The van der Waals surface area contributed by atoms with Gasteiger partial charge in [-0.2, -0.15) is 22.5 Å². The summed E-state index contributed by atoms with van der Waals surface area (Å²) in [6.07, 6.45) is -3.20. The zero-order valence-electron chi connectivity index (χ0n) is 14.1. The van der Waals surface area contributed by atoms with Gasteiger partial charge in [-0.3, -0.25) is 0 Å². The van der Waals surface area contributed by atoms with Gasteiger partial charge >= 0.3 is 6.18 Å². The summed E-state index contributed by atoms with van der Waals surface area (Å²) in [5.41, 5.74) is -0.194. The minimum atomic E-state index is -4.55. The molecule has 0 saturated carbocycles. The van der Waals surface area contributed by atoms with Crippen LogP contribution in [0.4, 0.5) is 17.6 Å². The van der Waals surface area contributed by atoms with Crippen molar-refractivity contribution in [3.8, 4) is 17.5 Å². The van der Waals surface area contributed by atoms with Crippen molar-refractivity contribution in [2.24, 2.45) is 0 Å². The smallest absolute Gasteiger partial charge is 0.433 e. The maximum absolute atomic E-state index is 13.5. The third-order valence-corrected chi connectivity index (χ3v) is 3.65. The van der Waals surface area contributed by atoms with E-state index in [9.17, 15) is 17.6 Å². The van der Waals surface area contributed by atoms with E-state index in [1.165, 1.54) is 12.1 Å². The summed E-state index contributed by atoms with van der Waals surface area (Å²) >= 11 is 5.58. The molecule has 3 rings (SSSR count). The lowest BCUT2D eigenvalue weighted by Crippen LogP contribution is -2.08. The number of nitrogens with zero attached hydrogens (tertiary/aromatic N) is 3. The molecule has 1 aromatic carbocycles. The minimum Gasteiger partial charge on any atom is -0.475 e. The van der Waals surface area contributed by atoms with E-state index in [-0.39, 0.29) is 23.7 Å². The number of rotatable bonds is 6. The molecule has 0 aliphatic heterocycles. The van der Waals surface area contributed by atoms with Crippen LogP contribution in [0.5, 0.6) is 17.5 Å². The molecule has 0 spiro atoms. The Kier molecular flexibility index (Phi) is 5.93. The zero-order chi connectivity index (χ0) is 20.1. The first-order valence-electron chi connectivity index (χ1n) is 7.93. The lowest BCUT2D eigenvalue weighted by atomic mass is 10.1. The summed E-state index contributed by atoms with van der Waals surface area (Å²) in [5, 5.41) is -0.124. The molecule has 2 aromatic heterocycles. The Morgan fingerprint density at radius 2 is 1.75 bits per heavy atom. The third kappa shape index (κ3) is 5.29. The number of benzene rings is 1. The van der Waals surface area contributed by atoms with Crippen molar-refractivity contribution in [3.05, 3.63) is 71.0 Å². The van der Waals surface area contributed by atoms with Crippen LogP contribution in [-0.4, -0.2) is 21.6 Å². The highest BCUT2D eigenvalue weighted by molar-refractivity contribution is 6.28. The molecular formula is C18H12ClF4N3O2. The van der Waals surface area contributed by atoms with E-state index in [0.29, 0.717) is 12.2 Å². The summed E-state index contributed by atoms with van der Waals surface area (Å²) < 4.78 is 62.1. The first kappa shape index (κ1) is 19.8. The molecule has 10 heteroatoms. The SMILES string of the molecule is Fc1cnc(Cl)nc1OCCc1ccc(Oc2cccc(C(F)(F)F)n2)cc1. The van der Waals surface area contributed by atoms with E-state index in [1.54, 1.807) is 24.3 Å². The Hall–Kier alpha value is -2.94. The topological polar surface area (TPSA) is 57.1 Å². The number of halogens is 5. The molecule has 28 heavy (non-hydrogen) atoms. The molecule has 0 fully saturated rings. The van der Waals surface area contributed by atoms with Crippen molar-refractivity contribution < 1.29 is 27.0 Å². The highest BCUT2D eigenvalue weighted by atomic mass is 35.5. The summed E-state index contributed by atoms with van der Waals surface area (Å²) in [4.78, 5) is 10.6. The van der Waals surface area contributed by atoms with E-state index >= 15 is 0 Å². The van der Waals surface area contributed by atoms with Gasteiger partial charge in [-0.1, -0.05) is 18.2 Å². The second-order valence-corrected chi connectivity index (χ2v) is 5.83. The molecule has 146 valence electrons. The molecule has 3 aromatic rings. The number of aromatic nitrogens is 3. The average molecular weight is 414 g/mol. The molecule has 0 amide bonds. The number of ether oxygens (including phenoxy) is 2. The molecule has 0 aliphatic carbocycles. The molecule has 0 aliphatic rings. The van der Waals surface area contributed by atoms with E-state index in [2.05, 4.69) is 15.0 Å². The van der Waals surface area contributed by atoms with E-state index in [1.807, 2.05) is 0 Å². The molecule has 0 saturated heterocycles. The predicted molar refractivity (Wildman–Crippen MR) is 92.0 cm³/mol. The lowest BCUT2D eigenvalue weighted by molar-refractivity contribution is -0.141. The monoisotopic (exact) mass is 413 g/mol. The molecular weight excluding hydrogens is 402 g/mol. The van der Waals surface area contributed by atoms with Crippen LogP contribution in [0.15, 0.2) is 48.7 Å². The maximum Gasteiger partial charge on any atom is 0.433 e. The molecule has 0 atom stereocenters. The van der Waals surface area contributed by atoms with Crippen LogP contribution < -0.4 is 9.47 Å². The third-order valence-electron chi connectivity index (χ3n) is 3.47. The van der Waals surface area contributed by atoms with Crippen LogP contribution in [0, 0.1) is 5.82 Å². The van der Waals surface area contributed by atoms with Gasteiger partial charge in [0.1, 0.15) is 11.4 Å². The van der Waals surface area contributed by atoms with Crippen molar-refractivity contribution in [2.75, 3.05) is 6.61 Å². The van der Waals surface area contributed by atoms with Gasteiger partial charge in [-0.25, -0.2) is 9.97 Å². The summed E-state index contributed by atoms with van der Waals surface area (Å²) in [5.74, 6) is -0.801. The van der Waals surface area contributed by atoms with Crippen molar-refractivity contribution in [3.63, 3.8) is 0 Å². The van der Waals surface area contributed by atoms with Crippen molar-refractivity contribution >= 4 is 11.6 Å². The second-order valence-electron chi connectivity index (χ2n) is 5.50. The second kappa shape index (κ2) is 8.39. The van der Waals surface area contributed by atoms with Crippen LogP contribution in [0.3, 0.4) is 0 Å². The van der Waals surface area contributed by atoms with Gasteiger partial charge in [-0.05, 0) is 35.4 Å². The zero-order valence-corrected chi connectivity index (χ0v) is 14.8. The summed E-state index contributed by atoms with van der Waals surface area (Å²) in [6.45, 7) is 0.139. The van der Waals surface area contributed by atoms with Crippen LogP contribution in [-0.2, 0) is 12.6 Å². The highest BCUT2D eigenvalue weighted by Gasteiger charge is 2.32. The first-order valence-corrected chi connectivity index (χ1v) is 8.31. The van der Waals surface area contributed by atoms with Gasteiger partial charge in [0, 0.05) is 12.5 Å². The van der Waals surface area contributed by atoms with Gasteiger partial charge in [-0.15, -0.1) is 0 Å². The normalized spacial score (nSPS) is 11.3. The molecule has 2 heterocycles. The Bertz CT molecular complexity index is 952. The minimum absolute atomic E-state index is 0.124. The fourth-order valence-electron chi connectivity index (χ4n) is 2.17. The van der Waals surface area contributed by atoms with E-state index < -0.39 is 17.7 Å². The quantitative estimate of drug-likeness (QED) is 0.416. The first-order chi connectivity index (χ1) is 13.3. The standard InChI is InChI=1S/C18H12ClF4N3O2/c19-17-24-10-13(20)16(26-17)27-9-8-11-4-6-12(7-5-11)28-15-3-1-2-14(25-15)18(21,22)23/h1-7,10H,8-9H2. The molecule has 0 radical (unpaired) electrons. The van der Waals surface area contributed by atoms with Gasteiger partial charge in [0.15, 0.2) is 0 Å². The van der Waals surface area contributed by atoms with Crippen LogP contribution >= 0.6 is 11.6 Å². The predicted octanol–water partition coefficient (Wildman–Crippen LogP) is 5.10.